The average molecular weight is 412 g/mol. The minimum Gasteiger partial charge on any atom is -0.493 e. The summed E-state index contributed by atoms with van der Waals surface area (Å²) in [6.45, 7) is 3.16. The first-order valence-electron chi connectivity index (χ1n) is 11.6. The van der Waals surface area contributed by atoms with E-state index in [1.807, 2.05) is 0 Å². The maximum atomic E-state index is 13.4. The lowest BCUT2D eigenvalue weighted by Gasteiger charge is -2.73. The van der Waals surface area contributed by atoms with Gasteiger partial charge in [-0.2, -0.15) is 0 Å². The van der Waals surface area contributed by atoms with Crippen LogP contribution in [0.4, 0.5) is 0 Å². The summed E-state index contributed by atoms with van der Waals surface area (Å²) in [5.74, 6) is 2.04. The summed E-state index contributed by atoms with van der Waals surface area (Å²) in [5.41, 5.74) is 2.26. The second-order valence-electron chi connectivity index (χ2n) is 10.3. The van der Waals surface area contributed by atoms with Crippen molar-refractivity contribution in [2.75, 3.05) is 27.8 Å². The van der Waals surface area contributed by atoms with Gasteiger partial charge in [0.1, 0.15) is 17.5 Å². The fourth-order valence-corrected chi connectivity index (χ4v) is 8.62. The predicted molar refractivity (Wildman–Crippen MR) is 113 cm³/mol. The third-order valence-electron chi connectivity index (χ3n) is 9.72. The molecule has 6 atom stereocenters. The Balaban J connectivity index is 1.63. The lowest BCUT2D eigenvalue weighted by atomic mass is 9.34. The summed E-state index contributed by atoms with van der Waals surface area (Å²) in [6, 6.07) is 4.78. The number of fused-ring (bicyclic) bond motifs is 2. The minimum atomic E-state index is -0.535. The summed E-state index contributed by atoms with van der Waals surface area (Å²) in [5, 5.41) is 0. The van der Waals surface area contributed by atoms with Gasteiger partial charge < -0.3 is 19.1 Å². The molecule has 6 unspecified atom stereocenters. The molecule has 1 aromatic rings. The molecule has 1 saturated heterocycles. The van der Waals surface area contributed by atoms with Crippen LogP contribution in [0.5, 0.6) is 11.5 Å². The van der Waals surface area contributed by atoms with Crippen molar-refractivity contribution < 1.29 is 19.0 Å². The standard InChI is InChI=1S/C25H33NO4/c1-5-6-17(27)16-14-23-9-10-25(16,29-4)22-24(23)11-12-26(2)19(23)13-15-7-8-18(28-3)21(30-22)20(15)24/h7-8,16,19,22H,5-6,9-14H2,1-4H3. The number of nitrogens with zero attached hydrogens (tertiary/aromatic N) is 1. The highest BCUT2D eigenvalue weighted by molar-refractivity contribution is 5.83. The molecule has 5 nitrogen and oxygen atoms in total. The van der Waals surface area contributed by atoms with Crippen LogP contribution >= 0.6 is 0 Å². The molecule has 30 heavy (non-hydrogen) atoms. The zero-order valence-electron chi connectivity index (χ0n) is 18.6. The molecule has 0 amide bonds. The number of hydrogen-bond acceptors (Lipinski definition) is 5. The number of methoxy groups -OCH3 is 2. The number of ketones is 1. The summed E-state index contributed by atoms with van der Waals surface area (Å²) >= 11 is 0. The minimum absolute atomic E-state index is 0.0705. The predicted octanol–water partition coefficient (Wildman–Crippen LogP) is 3.51. The molecule has 7 rings (SSSR count). The Bertz CT molecular complexity index is 930. The summed E-state index contributed by atoms with van der Waals surface area (Å²) in [6.07, 6.45) is 6.48. The lowest BCUT2D eigenvalue weighted by molar-refractivity contribution is -0.270. The number of carbonyl (C=O) groups excluding carboxylic acids is 1. The number of rotatable bonds is 5. The Morgan fingerprint density at radius 2 is 2.10 bits per heavy atom. The second kappa shape index (κ2) is 6.01. The Kier molecular flexibility index (Phi) is 3.83. The van der Waals surface area contributed by atoms with E-state index >= 15 is 0 Å². The van der Waals surface area contributed by atoms with Crippen LogP contribution in [0.15, 0.2) is 12.1 Å². The van der Waals surface area contributed by atoms with Crippen molar-refractivity contribution in [1.82, 2.24) is 4.90 Å². The van der Waals surface area contributed by atoms with Crippen molar-refractivity contribution in [2.24, 2.45) is 11.3 Å². The van der Waals surface area contributed by atoms with Gasteiger partial charge in [0.2, 0.25) is 0 Å². The van der Waals surface area contributed by atoms with Gasteiger partial charge in [-0.3, -0.25) is 4.79 Å². The van der Waals surface area contributed by atoms with E-state index in [9.17, 15) is 4.79 Å². The second-order valence-corrected chi connectivity index (χ2v) is 10.3. The van der Waals surface area contributed by atoms with Crippen molar-refractivity contribution in [3.8, 4) is 11.5 Å². The maximum Gasteiger partial charge on any atom is 0.165 e. The average Bonchev–Trinajstić information content (AvgIpc) is 3.13. The quantitative estimate of drug-likeness (QED) is 0.742. The van der Waals surface area contributed by atoms with Gasteiger partial charge in [0, 0.05) is 36.0 Å². The van der Waals surface area contributed by atoms with Crippen molar-refractivity contribution in [3.05, 3.63) is 23.3 Å². The highest BCUT2D eigenvalue weighted by atomic mass is 16.6. The molecular formula is C25H33NO4. The van der Waals surface area contributed by atoms with Gasteiger partial charge in [-0.05, 0) is 63.7 Å². The molecule has 4 aliphatic carbocycles. The van der Waals surface area contributed by atoms with E-state index < -0.39 is 5.60 Å². The van der Waals surface area contributed by atoms with Crippen LogP contribution in [0.25, 0.3) is 0 Å². The Labute approximate surface area is 179 Å². The van der Waals surface area contributed by atoms with Crippen molar-refractivity contribution >= 4 is 5.78 Å². The maximum absolute atomic E-state index is 13.4. The monoisotopic (exact) mass is 411 g/mol. The molecule has 5 heteroatoms. The first kappa shape index (κ1) is 19.1. The molecule has 4 bridgehead atoms. The molecule has 0 N–H and O–H groups in total. The normalized spacial score (nSPS) is 42.6. The van der Waals surface area contributed by atoms with Gasteiger partial charge in [0.05, 0.1) is 13.0 Å². The highest BCUT2D eigenvalue weighted by Crippen LogP contribution is 2.76. The van der Waals surface area contributed by atoms with Crippen LogP contribution in [0.2, 0.25) is 0 Å². The van der Waals surface area contributed by atoms with Crippen molar-refractivity contribution in [2.45, 2.75) is 75.0 Å². The van der Waals surface area contributed by atoms with Gasteiger partial charge >= 0.3 is 0 Å². The van der Waals surface area contributed by atoms with Gasteiger partial charge in [-0.25, -0.2) is 0 Å². The Morgan fingerprint density at radius 3 is 2.83 bits per heavy atom. The summed E-state index contributed by atoms with van der Waals surface area (Å²) < 4.78 is 19.0. The first-order valence-corrected chi connectivity index (χ1v) is 11.6. The van der Waals surface area contributed by atoms with Crippen LogP contribution in [-0.4, -0.2) is 56.2 Å². The van der Waals surface area contributed by atoms with E-state index in [2.05, 4.69) is 31.0 Å². The Hall–Kier alpha value is -1.59. The molecular weight excluding hydrogens is 378 g/mol. The summed E-state index contributed by atoms with van der Waals surface area (Å²) in [4.78, 5) is 16.0. The molecule has 0 aromatic heterocycles. The van der Waals surface area contributed by atoms with Crippen LogP contribution in [0.1, 0.15) is 56.6 Å². The van der Waals surface area contributed by atoms with E-state index in [1.54, 1.807) is 14.2 Å². The number of likely N-dealkylation sites (N-methyl/N-ethyl adjacent to an activating group) is 1. The van der Waals surface area contributed by atoms with E-state index in [-0.39, 0.29) is 22.9 Å². The van der Waals surface area contributed by atoms with Crippen molar-refractivity contribution in [1.29, 1.82) is 0 Å². The van der Waals surface area contributed by atoms with E-state index in [0.29, 0.717) is 18.2 Å². The zero-order chi connectivity index (χ0) is 20.9. The topological polar surface area (TPSA) is 48.0 Å². The number of likely N-dealkylation sites (tertiary alicyclic amines) is 1. The molecule has 2 aliphatic heterocycles. The molecule has 162 valence electrons. The third kappa shape index (κ3) is 1.83. The molecule has 2 spiro atoms. The van der Waals surface area contributed by atoms with Gasteiger partial charge in [0.25, 0.3) is 0 Å². The number of Topliss-reactive ketones (excluding diaryl/α,β-unsaturated/α-hetero) is 1. The van der Waals surface area contributed by atoms with Crippen LogP contribution < -0.4 is 9.47 Å². The van der Waals surface area contributed by atoms with Gasteiger partial charge in [-0.15, -0.1) is 0 Å². The smallest absolute Gasteiger partial charge is 0.165 e. The SMILES string of the molecule is CCCC(=O)C1CC23CCC1(OC)C1Oc4c(OC)ccc5c4C12CCN(C)C3C5. The van der Waals surface area contributed by atoms with Crippen LogP contribution in [0.3, 0.4) is 0 Å². The van der Waals surface area contributed by atoms with E-state index in [4.69, 9.17) is 14.2 Å². The number of benzene rings is 1. The molecule has 2 heterocycles. The first-order chi connectivity index (χ1) is 14.5. The van der Waals surface area contributed by atoms with Crippen molar-refractivity contribution in [3.63, 3.8) is 0 Å². The van der Waals surface area contributed by atoms with Crippen LogP contribution in [-0.2, 0) is 21.4 Å². The molecule has 4 fully saturated rings. The number of ether oxygens (including phenoxy) is 3. The Morgan fingerprint density at radius 1 is 1.27 bits per heavy atom. The molecule has 3 saturated carbocycles. The van der Waals surface area contributed by atoms with Gasteiger partial charge in [0.15, 0.2) is 11.5 Å². The number of hydrogen-bond donors (Lipinski definition) is 0. The highest BCUT2D eigenvalue weighted by Gasteiger charge is 2.81. The zero-order valence-corrected chi connectivity index (χ0v) is 18.6. The fourth-order valence-electron chi connectivity index (χ4n) is 8.62. The number of carbonyl (C=O) groups is 1. The lowest BCUT2D eigenvalue weighted by Crippen LogP contribution is -2.81. The van der Waals surface area contributed by atoms with Crippen LogP contribution in [0, 0.1) is 11.3 Å². The van der Waals surface area contributed by atoms with E-state index in [0.717, 1.165) is 56.6 Å². The molecule has 1 aromatic carbocycles. The van der Waals surface area contributed by atoms with Gasteiger partial charge in [-0.1, -0.05) is 13.0 Å². The number of piperidine rings is 1. The molecule has 6 aliphatic rings. The fraction of sp³-hybridized carbons (Fsp3) is 0.720. The van der Waals surface area contributed by atoms with E-state index in [1.165, 1.54) is 11.1 Å². The molecule has 0 radical (unpaired) electrons. The third-order valence-corrected chi connectivity index (χ3v) is 9.72. The summed E-state index contributed by atoms with van der Waals surface area (Å²) in [7, 11) is 5.81. The largest absolute Gasteiger partial charge is 0.493 e.